The van der Waals surface area contributed by atoms with Gasteiger partial charge in [-0.05, 0) is 43.2 Å². The molecule has 6 nitrogen and oxygen atoms in total. The Morgan fingerprint density at radius 3 is 2.67 bits per heavy atom. The van der Waals surface area contributed by atoms with Crippen molar-refractivity contribution in [2.45, 2.75) is 26.8 Å². The first-order valence-electron chi connectivity index (χ1n) is 8.84. The van der Waals surface area contributed by atoms with Crippen LogP contribution in [-0.4, -0.2) is 17.0 Å². The molecule has 6 heteroatoms. The highest BCUT2D eigenvalue weighted by Crippen LogP contribution is 2.28. The molecule has 0 aliphatic heterocycles. The number of fused-ring (bicyclic) bond motifs is 2. The summed E-state index contributed by atoms with van der Waals surface area (Å²) in [5, 5.41) is 4.65. The van der Waals surface area contributed by atoms with E-state index in [1.807, 2.05) is 49.0 Å². The molecular weight excluding hydrogens is 344 g/mol. The molecule has 0 bridgehead atoms. The Kier molecular flexibility index (Phi) is 4.32. The van der Waals surface area contributed by atoms with Crippen LogP contribution < -0.4 is 10.9 Å². The minimum atomic E-state index is -0.483. The summed E-state index contributed by atoms with van der Waals surface area (Å²) in [6, 6.07) is 7.55. The highest BCUT2D eigenvalue weighted by molar-refractivity contribution is 5.96. The van der Waals surface area contributed by atoms with Crippen molar-refractivity contribution in [3.8, 4) is 0 Å². The Hall–Kier alpha value is -3.28. The van der Waals surface area contributed by atoms with E-state index in [1.165, 1.54) is 0 Å². The summed E-state index contributed by atoms with van der Waals surface area (Å²) in [5.74, 6) is -0.197. The summed E-state index contributed by atoms with van der Waals surface area (Å²) < 4.78 is 12.9. The SMILES string of the molecule is Cc1coc2cc3oc(=O)c(CC(=O)NCCn4cccc4)c(C)c3cc12. The lowest BCUT2D eigenvalue weighted by atomic mass is 10.0. The minimum Gasteiger partial charge on any atom is -0.464 e. The molecule has 1 amide bonds. The van der Waals surface area contributed by atoms with E-state index in [0.29, 0.717) is 29.8 Å². The normalized spacial score (nSPS) is 11.3. The zero-order valence-electron chi connectivity index (χ0n) is 15.2. The molecule has 0 saturated heterocycles. The summed E-state index contributed by atoms with van der Waals surface area (Å²) in [4.78, 5) is 24.7. The molecule has 0 spiro atoms. The maximum absolute atomic E-state index is 12.4. The maximum atomic E-state index is 12.4. The van der Waals surface area contributed by atoms with Crippen molar-refractivity contribution in [1.29, 1.82) is 0 Å². The van der Waals surface area contributed by atoms with Gasteiger partial charge in [-0.3, -0.25) is 4.79 Å². The first kappa shape index (κ1) is 17.1. The molecule has 0 atom stereocenters. The number of nitrogens with one attached hydrogen (secondary N) is 1. The van der Waals surface area contributed by atoms with Crippen molar-refractivity contribution >= 4 is 27.8 Å². The number of hydrogen-bond acceptors (Lipinski definition) is 4. The molecule has 0 unspecified atom stereocenters. The van der Waals surface area contributed by atoms with Gasteiger partial charge in [-0.15, -0.1) is 0 Å². The van der Waals surface area contributed by atoms with Crippen LogP contribution in [-0.2, 0) is 17.8 Å². The van der Waals surface area contributed by atoms with Crippen LogP contribution in [0.15, 0.2) is 56.6 Å². The van der Waals surface area contributed by atoms with Gasteiger partial charge in [-0.2, -0.15) is 0 Å². The number of aryl methyl sites for hydroxylation is 2. The van der Waals surface area contributed by atoms with Gasteiger partial charge in [-0.1, -0.05) is 0 Å². The molecule has 138 valence electrons. The molecule has 1 N–H and O–H groups in total. The third-order valence-corrected chi connectivity index (χ3v) is 4.87. The molecule has 0 saturated carbocycles. The Bertz CT molecular complexity index is 1180. The van der Waals surface area contributed by atoms with Crippen LogP contribution in [0.3, 0.4) is 0 Å². The van der Waals surface area contributed by atoms with Crippen LogP contribution in [0.4, 0.5) is 0 Å². The average Bonchev–Trinajstić information content (AvgIpc) is 3.28. The first-order chi connectivity index (χ1) is 13.0. The van der Waals surface area contributed by atoms with Gasteiger partial charge in [0.15, 0.2) is 0 Å². The predicted octanol–water partition coefficient (Wildman–Crippen LogP) is 3.32. The lowest BCUT2D eigenvalue weighted by Gasteiger charge is -2.09. The Balaban J connectivity index is 1.59. The quantitative estimate of drug-likeness (QED) is 0.551. The van der Waals surface area contributed by atoms with Gasteiger partial charge in [-0.25, -0.2) is 4.79 Å². The van der Waals surface area contributed by atoms with Gasteiger partial charge < -0.3 is 18.7 Å². The minimum absolute atomic E-state index is 0.00179. The number of carbonyl (C=O) groups excluding carboxylic acids is 1. The summed E-state index contributed by atoms with van der Waals surface area (Å²) in [6.07, 6.45) is 5.55. The van der Waals surface area contributed by atoms with Crippen molar-refractivity contribution in [2.24, 2.45) is 0 Å². The van der Waals surface area contributed by atoms with Crippen LogP contribution in [0, 0.1) is 13.8 Å². The fraction of sp³-hybridized carbons (Fsp3) is 0.238. The zero-order chi connectivity index (χ0) is 19.0. The lowest BCUT2D eigenvalue weighted by molar-refractivity contribution is -0.120. The Labute approximate surface area is 155 Å². The third-order valence-electron chi connectivity index (χ3n) is 4.87. The van der Waals surface area contributed by atoms with Gasteiger partial charge in [0.25, 0.3) is 0 Å². The molecule has 4 aromatic rings. The molecule has 0 aliphatic rings. The number of nitrogens with zero attached hydrogens (tertiary/aromatic N) is 1. The standard InChI is InChI=1S/C21H20N2O4/c1-13-12-26-18-11-19-16(9-15(13)18)14(2)17(21(25)27-19)10-20(24)22-5-8-23-6-3-4-7-23/h3-4,6-7,9,11-12H,5,8,10H2,1-2H3,(H,22,24). The summed E-state index contributed by atoms with van der Waals surface area (Å²) in [6.45, 7) is 5.00. The summed E-state index contributed by atoms with van der Waals surface area (Å²) in [7, 11) is 0. The summed E-state index contributed by atoms with van der Waals surface area (Å²) >= 11 is 0. The predicted molar refractivity (Wildman–Crippen MR) is 103 cm³/mol. The Morgan fingerprint density at radius 1 is 1.11 bits per heavy atom. The molecule has 1 aromatic carbocycles. The van der Waals surface area contributed by atoms with Crippen molar-refractivity contribution in [3.63, 3.8) is 0 Å². The van der Waals surface area contributed by atoms with E-state index in [4.69, 9.17) is 8.83 Å². The second-order valence-corrected chi connectivity index (χ2v) is 6.70. The molecule has 3 heterocycles. The molecule has 27 heavy (non-hydrogen) atoms. The van der Waals surface area contributed by atoms with E-state index in [1.54, 1.807) is 12.3 Å². The fourth-order valence-corrected chi connectivity index (χ4v) is 3.31. The number of furan rings is 1. The van der Waals surface area contributed by atoms with E-state index in [9.17, 15) is 9.59 Å². The van der Waals surface area contributed by atoms with E-state index in [-0.39, 0.29) is 12.3 Å². The molecule has 0 aliphatic carbocycles. The third kappa shape index (κ3) is 3.26. The zero-order valence-corrected chi connectivity index (χ0v) is 15.2. The first-order valence-corrected chi connectivity index (χ1v) is 8.84. The van der Waals surface area contributed by atoms with E-state index < -0.39 is 5.63 Å². The highest BCUT2D eigenvalue weighted by Gasteiger charge is 2.16. The topological polar surface area (TPSA) is 77.4 Å². The highest BCUT2D eigenvalue weighted by atomic mass is 16.4. The average molecular weight is 364 g/mol. The lowest BCUT2D eigenvalue weighted by Crippen LogP contribution is -2.30. The van der Waals surface area contributed by atoms with Crippen molar-refractivity contribution in [3.05, 3.63) is 70.0 Å². The summed E-state index contributed by atoms with van der Waals surface area (Å²) in [5.41, 5.74) is 2.84. The fourth-order valence-electron chi connectivity index (χ4n) is 3.31. The van der Waals surface area contributed by atoms with Gasteiger partial charge in [0.2, 0.25) is 5.91 Å². The second kappa shape index (κ2) is 6.79. The maximum Gasteiger partial charge on any atom is 0.340 e. The molecule has 3 aromatic heterocycles. The van der Waals surface area contributed by atoms with Crippen LogP contribution in [0.2, 0.25) is 0 Å². The van der Waals surface area contributed by atoms with Crippen LogP contribution >= 0.6 is 0 Å². The van der Waals surface area contributed by atoms with Crippen LogP contribution in [0.5, 0.6) is 0 Å². The van der Waals surface area contributed by atoms with Crippen LogP contribution in [0.1, 0.15) is 16.7 Å². The van der Waals surface area contributed by atoms with Gasteiger partial charge in [0.1, 0.15) is 11.2 Å². The van der Waals surface area contributed by atoms with Gasteiger partial charge in [0, 0.05) is 42.3 Å². The monoisotopic (exact) mass is 364 g/mol. The van der Waals surface area contributed by atoms with E-state index in [0.717, 1.165) is 21.9 Å². The van der Waals surface area contributed by atoms with Crippen LogP contribution in [0.25, 0.3) is 21.9 Å². The molecule has 4 rings (SSSR count). The molecule has 0 radical (unpaired) electrons. The van der Waals surface area contributed by atoms with E-state index >= 15 is 0 Å². The second-order valence-electron chi connectivity index (χ2n) is 6.70. The van der Waals surface area contributed by atoms with Crippen molar-refractivity contribution < 1.29 is 13.6 Å². The number of hydrogen-bond donors (Lipinski definition) is 1. The largest absolute Gasteiger partial charge is 0.464 e. The molecular formula is C21H20N2O4. The van der Waals surface area contributed by atoms with E-state index in [2.05, 4.69) is 5.32 Å². The smallest absolute Gasteiger partial charge is 0.340 e. The number of benzene rings is 1. The van der Waals surface area contributed by atoms with Crippen molar-refractivity contribution in [1.82, 2.24) is 9.88 Å². The van der Waals surface area contributed by atoms with Crippen molar-refractivity contribution in [2.75, 3.05) is 6.54 Å². The van der Waals surface area contributed by atoms with Gasteiger partial charge in [0.05, 0.1) is 18.2 Å². The number of carbonyl (C=O) groups is 1. The Morgan fingerprint density at radius 2 is 1.89 bits per heavy atom. The molecule has 0 fully saturated rings. The number of aromatic nitrogens is 1. The van der Waals surface area contributed by atoms with Gasteiger partial charge >= 0.3 is 5.63 Å². The number of rotatable bonds is 5. The number of amides is 1.